The first-order valence-corrected chi connectivity index (χ1v) is 9.36. The summed E-state index contributed by atoms with van der Waals surface area (Å²) in [5.41, 5.74) is 0. The highest BCUT2D eigenvalue weighted by Gasteiger charge is 2.27. The summed E-state index contributed by atoms with van der Waals surface area (Å²) in [7, 11) is -3.05. The lowest BCUT2D eigenvalue weighted by Gasteiger charge is -2.31. The Balaban J connectivity index is 1.78. The molecule has 1 heterocycles. The van der Waals surface area contributed by atoms with Gasteiger partial charge >= 0.3 is 0 Å². The van der Waals surface area contributed by atoms with E-state index in [2.05, 4.69) is 0 Å². The van der Waals surface area contributed by atoms with Gasteiger partial charge in [0, 0.05) is 18.1 Å². The average molecular weight is 332 g/mol. The second kappa shape index (κ2) is 7.47. The van der Waals surface area contributed by atoms with Crippen LogP contribution in [-0.2, 0) is 10.0 Å². The maximum absolute atomic E-state index is 12.0. The fourth-order valence-corrected chi connectivity index (χ4v) is 4.15. The zero-order valence-electron chi connectivity index (χ0n) is 12.3. The van der Waals surface area contributed by atoms with E-state index in [1.54, 1.807) is 16.4 Å². The Kier molecular flexibility index (Phi) is 5.90. The second-order valence-corrected chi connectivity index (χ2v) is 7.95. The van der Waals surface area contributed by atoms with Gasteiger partial charge in [0.1, 0.15) is 5.75 Å². The Labute approximate surface area is 132 Å². The van der Waals surface area contributed by atoms with Gasteiger partial charge in [-0.1, -0.05) is 18.5 Å². The first kappa shape index (κ1) is 16.6. The van der Waals surface area contributed by atoms with Crippen LogP contribution in [0.15, 0.2) is 24.3 Å². The number of ether oxygens (including phenoxy) is 1. The summed E-state index contributed by atoms with van der Waals surface area (Å²) in [5.74, 6) is 1.47. The highest BCUT2D eigenvalue weighted by molar-refractivity contribution is 7.89. The molecule has 0 bridgehead atoms. The Morgan fingerprint density at radius 1 is 1.24 bits per heavy atom. The largest absolute Gasteiger partial charge is 0.493 e. The lowest BCUT2D eigenvalue weighted by atomic mass is 9.99. The molecule has 0 spiro atoms. The normalized spacial score (nSPS) is 17.8. The number of benzene rings is 1. The fourth-order valence-electron chi connectivity index (χ4n) is 2.49. The molecular formula is C15H22ClNO3S. The van der Waals surface area contributed by atoms with Crippen LogP contribution in [-0.4, -0.2) is 38.2 Å². The van der Waals surface area contributed by atoms with Gasteiger partial charge in [0.25, 0.3) is 0 Å². The molecule has 0 aromatic heterocycles. The quantitative estimate of drug-likeness (QED) is 0.804. The van der Waals surface area contributed by atoms with E-state index in [0.29, 0.717) is 37.1 Å². The molecule has 0 N–H and O–H groups in total. The molecule has 0 saturated carbocycles. The van der Waals surface area contributed by atoms with Gasteiger partial charge in [-0.25, -0.2) is 12.7 Å². The van der Waals surface area contributed by atoms with Gasteiger partial charge in [-0.15, -0.1) is 0 Å². The molecule has 0 amide bonds. The van der Waals surface area contributed by atoms with E-state index in [0.717, 1.165) is 18.6 Å². The smallest absolute Gasteiger partial charge is 0.214 e. The molecule has 2 rings (SSSR count). The molecule has 4 nitrogen and oxygen atoms in total. The molecule has 1 aliphatic heterocycles. The van der Waals surface area contributed by atoms with Crippen LogP contribution in [0.1, 0.15) is 26.2 Å². The molecule has 0 radical (unpaired) electrons. The van der Waals surface area contributed by atoms with Crippen molar-refractivity contribution < 1.29 is 13.2 Å². The van der Waals surface area contributed by atoms with E-state index >= 15 is 0 Å². The van der Waals surface area contributed by atoms with Crippen molar-refractivity contribution in [2.75, 3.05) is 25.4 Å². The van der Waals surface area contributed by atoms with Crippen molar-refractivity contribution in [2.45, 2.75) is 26.2 Å². The van der Waals surface area contributed by atoms with Crippen LogP contribution in [0.3, 0.4) is 0 Å². The Morgan fingerprint density at radius 3 is 2.43 bits per heavy atom. The van der Waals surface area contributed by atoms with E-state index in [1.807, 2.05) is 19.1 Å². The topological polar surface area (TPSA) is 46.6 Å². The van der Waals surface area contributed by atoms with E-state index < -0.39 is 10.0 Å². The zero-order chi connectivity index (χ0) is 15.3. The van der Waals surface area contributed by atoms with Crippen molar-refractivity contribution in [3.63, 3.8) is 0 Å². The number of rotatable bonds is 6. The first-order chi connectivity index (χ1) is 10.0. The molecule has 0 atom stereocenters. The van der Waals surface area contributed by atoms with E-state index in [1.165, 1.54) is 0 Å². The van der Waals surface area contributed by atoms with E-state index in [-0.39, 0.29) is 5.75 Å². The van der Waals surface area contributed by atoms with Crippen LogP contribution in [0.5, 0.6) is 5.75 Å². The Bertz CT molecular complexity index is 537. The molecule has 1 saturated heterocycles. The van der Waals surface area contributed by atoms with Gasteiger partial charge in [-0.3, -0.25) is 0 Å². The SMILES string of the molecule is CCCS(=O)(=O)N1CCC(COc2ccc(Cl)cc2)CC1. The highest BCUT2D eigenvalue weighted by Crippen LogP contribution is 2.22. The van der Waals surface area contributed by atoms with Gasteiger partial charge in [-0.05, 0) is 49.4 Å². The first-order valence-electron chi connectivity index (χ1n) is 7.37. The highest BCUT2D eigenvalue weighted by atomic mass is 35.5. The average Bonchev–Trinajstić information content (AvgIpc) is 2.47. The summed E-state index contributed by atoms with van der Waals surface area (Å²) >= 11 is 5.83. The maximum Gasteiger partial charge on any atom is 0.214 e. The Morgan fingerprint density at radius 2 is 1.86 bits per heavy atom. The molecule has 118 valence electrons. The van der Waals surface area contributed by atoms with Gasteiger partial charge in [0.15, 0.2) is 0 Å². The number of hydrogen-bond donors (Lipinski definition) is 0. The maximum atomic E-state index is 12.0. The number of halogens is 1. The molecule has 21 heavy (non-hydrogen) atoms. The third-order valence-corrected chi connectivity index (χ3v) is 6.06. The van der Waals surface area contributed by atoms with Crippen LogP contribution in [0.2, 0.25) is 5.02 Å². The van der Waals surface area contributed by atoms with Crippen LogP contribution in [0, 0.1) is 5.92 Å². The lowest BCUT2D eigenvalue weighted by Crippen LogP contribution is -2.40. The van der Waals surface area contributed by atoms with Gasteiger partial charge in [-0.2, -0.15) is 0 Å². The van der Waals surface area contributed by atoms with Crippen LogP contribution in [0.4, 0.5) is 0 Å². The minimum Gasteiger partial charge on any atom is -0.493 e. The van der Waals surface area contributed by atoms with Crippen LogP contribution < -0.4 is 4.74 Å². The number of piperidine rings is 1. The van der Waals surface area contributed by atoms with Crippen LogP contribution in [0.25, 0.3) is 0 Å². The Hall–Kier alpha value is -0.780. The van der Waals surface area contributed by atoms with Gasteiger partial charge in [0.05, 0.1) is 12.4 Å². The summed E-state index contributed by atoms with van der Waals surface area (Å²) in [4.78, 5) is 0. The molecule has 0 unspecified atom stereocenters. The van der Waals surface area contributed by atoms with Gasteiger partial charge < -0.3 is 4.74 Å². The summed E-state index contributed by atoms with van der Waals surface area (Å²) < 4.78 is 31.3. The fraction of sp³-hybridized carbons (Fsp3) is 0.600. The molecule has 1 aliphatic rings. The molecule has 0 aliphatic carbocycles. The molecule has 6 heteroatoms. The number of hydrogen-bond acceptors (Lipinski definition) is 3. The molecule has 1 aromatic rings. The van der Waals surface area contributed by atoms with Crippen molar-refractivity contribution in [3.05, 3.63) is 29.3 Å². The van der Waals surface area contributed by atoms with Crippen molar-refractivity contribution >= 4 is 21.6 Å². The van der Waals surface area contributed by atoms with Gasteiger partial charge in [0.2, 0.25) is 10.0 Å². The van der Waals surface area contributed by atoms with E-state index in [4.69, 9.17) is 16.3 Å². The van der Waals surface area contributed by atoms with Crippen molar-refractivity contribution in [1.29, 1.82) is 0 Å². The lowest BCUT2D eigenvalue weighted by molar-refractivity contribution is 0.185. The number of sulfonamides is 1. The van der Waals surface area contributed by atoms with Crippen LogP contribution >= 0.6 is 11.6 Å². The number of nitrogens with zero attached hydrogens (tertiary/aromatic N) is 1. The predicted octanol–water partition coefficient (Wildman–Crippen LogP) is 3.17. The summed E-state index contributed by atoms with van der Waals surface area (Å²) in [6.45, 7) is 3.74. The standard InChI is InChI=1S/C15H22ClNO3S/c1-2-11-21(18,19)17-9-7-13(8-10-17)12-20-15-5-3-14(16)4-6-15/h3-6,13H,2,7-12H2,1H3. The molecule has 1 aromatic carbocycles. The van der Waals surface area contributed by atoms with E-state index in [9.17, 15) is 8.42 Å². The third-order valence-electron chi connectivity index (χ3n) is 3.73. The monoisotopic (exact) mass is 331 g/mol. The minimum absolute atomic E-state index is 0.249. The second-order valence-electron chi connectivity index (χ2n) is 5.42. The van der Waals surface area contributed by atoms with Crippen molar-refractivity contribution in [2.24, 2.45) is 5.92 Å². The zero-order valence-corrected chi connectivity index (χ0v) is 13.9. The summed E-state index contributed by atoms with van der Waals surface area (Å²) in [5, 5.41) is 0.691. The molecule has 1 fully saturated rings. The molecular weight excluding hydrogens is 310 g/mol. The summed E-state index contributed by atoms with van der Waals surface area (Å²) in [6.07, 6.45) is 2.38. The predicted molar refractivity (Wildman–Crippen MR) is 85.3 cm³/mol. The third kappa shape index (κ3) is 4.87. The van der Waals surface area contributed by atoms with Crippen molar-refractivity contribution in [1.82, 2.24) is 4.31 Å². The van der Waals surface area contributed by atoms with Crippen molar-refractivity contribution in [3.8, 4) is 5.75 Å². The summed E-state index contributed by atoms with van der Waals surface area (Å²) in [6, 6.07) is 7.31. The minimum atomic E-state index is -3.05.